The number of alkyl halides is 3. The number of amides is 1. The second-order valence-electron chi connectivity index (χ2n) is 6.50. The highest BCUT2D eigenvalue weighted by molar-refractivity contribution is 6.05. The number of hydrogen-bond donors (Lipinski definition) is 2. The van der Waals surface area contributed by atoms with Crippen molar-refractivity contribution in [2.24, 2.45) is 0 Å². The van der Waals surface area contributed by atoms with Gasteiger partial charge in [0.05, 0.1) is 24.4 Å². The summed E-state index contributed by atoms with van der Waals surface area (Å²) in [5, 5.41) is 17.0. The summed E-state index contributed by atoms with van der Waals surface area (Å²) in [5.41, 5.74) is -0.622. The number of hydrogen-bond acceptors (Lipinski definition) is 5. The van der Waals surface area contributed by atoms with Crippen molar-refractivity contribution in [1.29, 1.82) is 0 Å². The summed E-state index contributed by atoms with van der Waals surface area (Å²) in [6.45, 7) is 2.19. The number of aliphatic hydroxyl groups is 1. The zero-order valence-electron chi connectivity index (χ0n) is 15.7. The molecule has 0 aliphatic rings. The number of anilines is 1. The van der Waals surface area contributed by atoms with Gasteiger partial charge < -0.3 is 15.2 Å². The minimum atomic E-state index is -4.65. The Hall–Kier alpha value is -3.14. The maximum absolute atomic E-state index is 12.8. The average molecular weight is 408 g/mol. The largest absolute Gasteiger partial charge is 0.494 e. The topological polar surface area (TPSA) is 89.3 Å². The van der Waals surface area contributed by atoms with Crippen LogP contribution in [0.2, 0.25) is 0 Å². The second kappa shape index (κ2) is 8.08. The maximum atomic E-state index is 12.8. The Labute approximate surface area is 164 Å². The molecule has 1 unspecified atom stereocenters. The van der Waals surface area contributed by atoms with Crippen LogP contribution < -0.4 is 10.1 Å². The van der Waals surface area contributed by atoms with Gasteiger partial charge in [-0.25, -0.2) is 4.98 Å². The number of ether oxygens (including phenoxy) is 1. The van der Waals surface area contributed by atoms with Gasteiger partial charge in [0.25, 0.3) is 5.91 Å². The van der Waals surface area contributed by atoms with Gasteiger partial charge in [0.2, 0.25) is 0 Å². The molecule has 0 spiro atoms. The number of benzene rings is 1. The van der Waals surface area contributed by atoms with Crippen LogP contribution in [0.1, 0.15) is 29.5 Å². The number of aliphatic hydroxyl groups excluding tert-OH is 1. The fourth-order valence-corrected chi connectivity index (χ4v) is 2.71. The molecule has 7 nitrogen and oxygen atoms in total. The summed E-state index contributed by atoms with van der Waals surface area (Å²) in [5.74, 6) is -0.492. The Kier molecular flexibility index (Phi) is 5.73. The van der Waals surface area contributed by atoms with Crippen LogP contribution in [-0.4, -0.2) is 39.0 Å². The number of pyridine rings is 1. The lowest BCUT2D eigenvalue weighted by molar-refractivity contribution is -0.141. The zero-order chi connectivity index (χ0) is 21.2. The molecule has 0 aliphatic heterocycles. The van der Waals surface area contributed by atoms with Crippen LogP contribution in [-0.2, 0) is 12.7 Å². The van der Waals surface area contributed by atoms with E-state index in [4.69, 9.17) is 4.74 Å². The summed E-state index contributed by atoms with van der Waals surface area (Å²) < 4.78 is 45.4. The van der Waals surface area contributed by atoms with E-state index in [0.717, 1.165) is 12.1 Å². The van der Waals surface area contributed by atoms with E-state index in [1.807, 2.05) is 0 Å². The summed E-state index contributed by atoms with van der Waals surface area (Å²) in [6, 6.07) is 6.35. The van der Waals surface area contributed by atoms with Crippen molar-refractivity contribution in [2.75, 3.05) is 12.4 Å². The van der Waals surface area contributed by atoms with Gasteiger partial charge in [-0.05, 0) is 31.5 Å². The molecule has 3 rings (SSSR count). The summed E-state index contributed by atoms with van der Waals surface area (Å²) in [7, 11) is 1.41. The number of fused-ring (bicyclic) bond motifs is 1. The highest BCUT2D eigenvalue weighted by Crippen LogP contribution is 2.31. The van der Waals surface area contributed by atoms with Crippen LogP contribution in [0.4, 0.5) is 18.9 Å². The van der Waals surface area contributed by atoms with Crippen LogP contribution in [0, 0.1) is 0 Å². The van der Waals surface area contributed by atoms with Crippen molar-refractivity contribution in [3.8, 4) is 5.75 Å². The van der Waals surface area contributed by atoms with Gasteiger partial charge in [-0.15, -0.1) is 0 Å². The quantitative estimate of drug-likeness (QED) is 0.652. The molecule has 2 aromatic heterocycles. The van der Waals surface area contributed by atoms with Gasteiger partial charge in [-0.1, -0.05) is 6.07 Å². The Morgan fingerprint density at radius 1 is 1.34 bits per heavy atom. The molecular weight excluding hydrogens is 389 g/mol. The van der Waals surface area contributed by atoms with Gasteiger partial charge in [-0.3, -0.25) is 9.48 Å². The van der Waals surface area contributed by atoms with Crippen LogP contribution in [0.15, 0.2) is 36.5 Å². The van der Waals surface area contributed by atoms with E-state index in [1.165, 1.54) is 13.2 Å². The summed E-state index contributed by atoms with van der Waals surface area (Å²) >= 11 is 0. The van der Waals surface area contributed by atoms with Gasteiger partial charge in [0.1, 0.15) is 17.1 Å². The van der Waals surface area contributed by atoms with E-state index < -0.39 is 23.9 Å². The number of nitrogens with one attached hydrogen (secondary N) is 1. The van der Waals surface area contributed by atoms with Gasteiger partial charge >= 0.3 is 6.18 Å². The van der Waals surface area contributed by atoms with Crippen LogP contribution in [0.25, 0.3) is 10.9 Å². The molecule has 10 heteroatoms. The first-order valence-electron chi connectivity index (χ1n) is 8.76. The molecule has 154 valence electrons. The Balaban J connectivity index is 1.87. The predicted octanol–water partition coefficient (Wildman–Crippen LogP) is 3.48. The van der Waals surface area contributed by atoms with Crippen LogP contribution in [0.3, 0.4) is 0 Å². The number of aryl methyl sites for hydroxylation is 1. The van der Waals surface area contributed by atoms with E-state index in [-0.39, 0.29) is 11.4 Å². The lowest BCUT2D eigenvalue weighted by Gasteiger charge is -2.11. The van der Waals surface area contributed by atoms with Crippen molar-refractivity contribution in [1.82, 2.24) is 14.8 Å². The Morgan fingerprint density at radius 2 is 2.10 bits per heavy atom. The molecule has 1 amide bonds. The molecule has 1 aromatic carbocycles. The molecule has 0 saturated heterocycles. The number of aromatic nitrogens is 3. The first-order valence-corrected chi connectivity index (χ1v) is 8.76. The fourth-order valence-electron chi connectivity index (χ4n) is 2.71. The first kappa shape index (κ1) is 20.6. The minimum absolute atomic E-state index is 0.277. The molecule has 0 radical (unpaired) electrons. The molecule has 2 N–H and O–H groups in total. The molecule has 2 heterocycles. The van der Waals surface area contributed by atoms with E-state index >= 15 is 0 Å². The summed E-state index contributed by atoms with van der Waals surface area (Å²) in [6.07, 6.45) is -2.84. The molecule has 0 saturated carbocycles. The predicted molar refractivity (Wildman–Crippen MR) is 99.8 cm³/mol. The average Bonchev–Trinajstić information content (AvgIpc) is 3.06. The number of methoxy groups -OCH3 is 1. The van der Waals surface area contributed by atoms with E-state index in [9.17, 15) is 23.1 Å². The van der Waals surface area contributed by atoms with Gasteiger partial charge in [0.15, 0.2) is 0 Å². The lowest BCUT2D eigenvalue weighted by atomic mass is 10.2. The number of carbonyl (C=O) groups excluding carboxylic acids is 1. The highest BCUT2D eigenvalue weighted by atomic mass is 19.4. The van der Waals surface area contributed by atoms with Crippen LogP contribution in [0.5, 0.6) is 5.75 Å². The van der Waals surface area contributed by atoms with E-state index in [2.05, 4.69) is 15.4 Å². The number of halogens is 3. The highest BCUT2D eigenvalue weighted by Gasteiger charge is 2.33. The minimum Gasteiger partial charge on any atom is -0.494 e. The third-order valence-corrected chi connectivity index (χ3v) is 4.17. The standard InChI is InChI=1S/C19H19F3N4O3/c1-11(27)6-7-26-10-12-8-15(16(29-2)9-14(12)25-26)24-18(28)13-4-3-5-17(23-13)19(20,21)22/h3-5,8-11,27H,6-7H2,1-2H3,(H,24,28). The molecule has 0 bridgehead atoms. The van der Waals surface area contributed by atoms with Crippen molar-refractivity contribution >= 4 is 22.5 Å². The Morgan fingerprint density at radius 3 is 2.76 bits per heavy atom. The molecule has 1 atom stereocenters. The van der Waals surface area contributed by atoms with Crippen molar-refractivity contribution < 1.29 is 27.8 Å². The van der Waals surface area contributed by atoms with Crippen molar-refractivity contribution in [2.45, 2.75) is 32.2 Å². The van der Waals surface area contributed by atoms with Gasteiger partial charge in [-0.2, -0.15) is 18.3 Å². The van der Waals surface area contributed by atoms with Crippen molar-refractivity contribution in [3.63, 3.8) is 0 Å². The molecule has 29 heavy (non-hydrogen) atoms. The molecule has 0 aliphatic carbocycles. The molecule has 0 fully saturated rings. The fraction of sp³-hybridized carbons (Fsp3) is 0.316. The summed E-state index contributed by atoms with van der Waals surface area (Å²) in [4.78, 5) is 15.8. The monoisotopic (exact) mass is 408 g/mol. The normalized spacial score (nSPS) is 12.8. The van der Waals surface area contributed by atoms with E-state index in [1.54, 1.807) is 29.9 Å². The number of rotatable bonds is 6. The third kappa shape index (κ3) is 4.83. The first-order chi connectivity index (χ1) is 13.7. The second-order valence-corrected chi connectivity index (χ2v) is 6.50. The smallest absolute Gasteiger partial charge is 0.433 e. The van der Waals surface area contributed by atoms with E-state index in [0.29, 0.717) is 29.6 Å². The van der Waals surface area contributed by atoms with Crippen molar-refractivity contribution in [3.05, 3.63) is 47.9 Å². The number of nitrogens with zero attached hydrogens (tertiary/aromatic N) is 3. The maximum Gasteiger partial charge on any atom is 0.433 e. The lowest BCUT2D eigenvalue weighted by Crippen LogP contribution is -2.17. The third-order valence-electron chi connectivity index (χ3n) is 4.17. The molecule has 3 aromatic rings. The number of carbonyl (C=O) groups is 1. The van der Waals surface area contributed by atoms with Gasteiger partial charge in [0, 0.05) is 24.2 Å². The van der Waals surface area contributed by atoms with Crippen LogP contribution >= 0.6 is 0 Å². The molecular formula is C19H19F3N4O3. The Bertz CT molecular complexity index is 1030. The zero-order valence-corrected chi connectivity index (χ0v) is 15.7. The SMILES string of the molecule is COc1cc2nn(CCC(C)O)cc2cc1NC(=O)c1cccc(C(F)(F)F)n1.